The van der Waals surface area contributed by atoms with Crippen molar-refractivity contribution in [2.75, 3.05) is 6.61 Å². The minimum absolute atomic E-state index is 0.0211. The number of amidine groups is 1. The molecule has 1 saturated carbocycles. The predicted molar refractivity (Wildman–Crippen MR) is 148 cm³/mol. The van der Waals surface area contributed by atoms with Crippen LogP contribution in [0.1, 0.15) is 62.6 Å². The van der Waals surface area contributed by atoms with Gasteiger partial charge in [0, 0.05) is 29.3 Å². The molecule has 2 aliphatic heterocycles. The maximum atomic E-state index is 14.6. The Morgan fingerprint density at radius 1 is 1.27 bits per heavy atom. The lowest BCUT2D eigenvalue weighted by molar-refractivity contribution is -0.139. The largest absolute Gasteiger partial charge is 0.476 e. The fraction of sp³-hybridized carbons (Fsp3) is 0.429. The quantitative estimate of drug-likeness (QED) is 0.268. The molecule has 3 heterocycles. The number of thiazole rings is 1. The monoisotopic (exact) mass is 606 g/mol. The number of esters is 1. The lowest BCUT2D eigenvalue weighted by atomic mass is 9.75. The van der Waals surface area contributed by atoms with Crippen molar-refractivity contribution in [2.24, 2.45) is 16.8 Å². The van der Waals surface area contributed by atoms with E-state index in [1.807, 2.05) is 6.92 Å². The molecule has 0 bridgehead atoms. The molecular weight excluding hydrogens is 578 g/mol. The average molecular weight is 607 g/mol. The highest BCUT2D eigenvalue weighted by molar-refractivity contribution is 7.11. The Hall–Kier alpha value is -3.51. The second-order valence-electron chi connectivity index (χ2n) is 10.4. The third-order valence-corrected chi connectivity index (χ3v) is 8.73. The lowest BCUT2D eigenvalue weighted by Gasteiger charge is -2.37. The minimum Gasteiger partial charge on any atom is -0.476 e. The first-order chi connectivity index (χ1) is 19.6. The van der Waals surface area contributed by atoms with Gasteiger partial charge in [-0.2, -0.15) is 0 Å². The zero-order valence-corrected chi connectivity index (χ0v) is 24.0. The molecule has 5 rings (SSSR count). The van der Waals surface area contributed by atoms with E-state index >= 15 is 0 Å². The van der Waals surface area contributed by atoms with Crippen LogP contribution >= 0.6 is 22.9 Å². The number of halogens is 3. The van der Waals surface area contributed by atoms with Crippen LogP contribution in [-0.4, -0.2) is 40.2 Å². The number of aromatic nitrogens is 1. The molecule has 0 amide bonds. The number of ether oxygens (including phenoxy) is 2. The maximum Gasteiger partial charge on any atom is 0.355 e. The molecule has 1 aromatic carbocycles. The summed E-state index contributed by atoms with van der Waals surface area (Å²) in [5.74, 6) is -3.46. The van der Waals surface area contributed by atoms with E-state index in [9.17, 15) is 23.5 Å². The third kappa shape index (κ3) is 5.94. The van der Waals surface area contributed by atoms with E-state index in [1.54, 1.807) is 18.5 Å². The van der Waals surface area contributed by atoms with Gasteiger partial charge in [0.2, 0.25) is 0 Å². The normalized spacial score (nSPS) is 25.9. The molecule has 2 atom stereocenters. The predicted octanol–water partition coefficient (Wildman–Crippen LogP) is 5.44. The van der Waals surface area contributed by atoms with Crippen molar-refractivity contribution < 1.29 is 33.0 Å². The summed E-state index contributed by atoms with van der Waals surface area (Å²) in [6.07, 6.45) is 6.44. The Bertz CT molecular complexity index is 1440. The summed E-state index contributed by atoms with van der Waals surface area (Å²) >= 11 is 7.62. The van der Waals surface area contributed by atoms with Crippen molar-refractivity contribution >= 4 is 40.7 Å². The van der Waals surface area contributed by atoms with Crippen LogP contribution in [0, 0.1) is 23.5 Å². The summed E-state index contributed by atoms with van der Waals surface area (Å²) in [5, 5.41) is 17.4. The van der Waals surface area contributed by atoms with E-state index < -0.39 is 40.4 Å². The Labute approximate surface area is 244 Å². The van der Waals surface area contributed by atoms with Gasteiger partial charge >= 0.3 is 11.9 Å². The molecule has 0 radical (unpaired) electrons. The molecule has 13 heteroatoms. The van der Waals surface area contributed by atoms with Crippen LogP contribution < -0.4 is 10.6 Å². The Morgan fingerprint density at radius 2 is 2.02 bits per heavy atom. The first kappa shape index (κ1) is 29.0. The van der Waals surface area contributed by atoms with E-state index in [0.717, 1.165) is 18.9 Å². The molecule has 0 saturated heterocycles. The van der Waals surface area contributed by atoms with Crippen molar-refractivity contribution in [3.05, 3.63) is 74.2 Å². The number of carbonyl (C=O) groups is 2. The number of carboxylic acid groups (broad SMARTS) is 1. The smallest absolute Gasteiger partial charge is 0.355 e. The topological polar surface area (TPSA) is 122 Å². The zero-order chi connectivity index (χ0) is 29.3. The minimum atomic E-state index is -1.21. The molecule has 0 spiro atoms. The molecule has 3 aliphatic rings. The number of allylic oxidation sites excluding steroid dienone is 1. The number of rotatable bonds is 8. The van der Waals surface area contributed by atoms with Gasteiger partial charge in [0.05, 0.1) is 17.2 Å². The second kappa shape index (κ2) is 11.8. The number of carboxylic acids is 1. The van der Waals surface area contributed by atoms with Gasteiger partial charge in [-0.1, -0.05) is 17.7 Å². The maximum absolute atomic E-state index is 14.6. The van der Waals surface area contributed by atoms with Gasteiger partial charge in [-0.05, 0) is 57.4 Å². The Morgan fingerprint density at radius 3 is 2.66 bits per heavy atom. The summed E-state index contributed by atoms with van der Waals surface area (Å²) < 4.78 is 39.6. The highest BCUT2D eigenvalue weighted by Crippen LogP contribution is 2.44. The molecule has 41 heavy (non-hydrogen) atoms. The fourth-order valence-electron chi connectivity index (χ4n) is 5.69. The van der Waals surface area contributed by atoms with Gasteiger partial charge in [-0.15, -0.1) is 11.3 Å². The number of hydrogen-bond donors (Lipinski definition) is 3. The number of carbonyl (C=O) groups excluding carboxylic acids is 1. The van der Waals surface area contributed by atoms with Crippen molar-refractivity contribution in [2.45, 2.75) is 57.7 Å². The van der Waals surface area contributed by atoms with E-state index in [2.05, 4.69) is 15.6 Å². The lowest BCUT2D eigenvalue weighted by Crippen LogP contribution is -2.42. The van der Waals surface area contributed by atoms with Gasteiger partial charge in [0.25, 0.3) is 0 Å². The van der Waals surface area contributed by atoms with E-state index in [-0.39, 0.29) is 35.3 Å². The molecule has 2 unspecified atom stereocenters. The highest BCUT2D eigenvalue weighted by atomic mass is 35.5. The van der Waals surface area contributed by atoms with Crippen LogP contribution in [0.5, 0.6) is 0 Å². The zero-order valence-electron chi connectivity index (χ0n) is 22.4. The molecule has 2 aromatic rings. The molecule has 9 nitrogen and oxygen atoms in total. The first-order valence-corrected chi connectivity index (χ1v) is 14.5. The average Bonchev–Trinajstić information content (AvgIpc) is 3.62. The molecule has 1 fully saturated rings. The van der Waals surface area contributed by atoms with Crippen LogP contribution in [0.25, 0.3) is 0 Å². The Balaban J connectivity index is 1.46. The molecule has 3 N–H and O–H groups in total. The molecule has 1 aromatic heterocycles. The SMILES string of the molecule is CCOC(=O)C1=C(C2CCC(CC3(C)NC(C(=O)O)=CO3)CC2)NC(c2nccs2)=NC1c1ccc(F)c(F)c1Cl. The van der Waals surface area contributed by atoms with Crippen molar-refractivity contribution in [1.82, 2.24) is 15.6 Å². The Kier molecular flexibility index (Phi) is 8.32. The summed E-state index contributed by atoms with van der Waals surface area (Å²) in [6.45, 7) is 3.62. The van der Waals surface area contributed by atoms with E-state index in [0.29, 0.717) is 35.8 Å². The van der Waals surface area contributed by atoms with Gasteiger partial charge in [0.1, 0.15) is 12.3 Å². The molecule has 218 valence electrons. The number of aliphatic carboxylic acids is 1. The third-order valence-electron chi connectivity index (χ3n) is 7.56. The number of aliphatic imine (C=N–C) groups is 1. The molecule has 1 aliphatic carbocycles. The van der Waals surface area contributed by atoms with Gasteiger partial charge in [-0.25, -0.2) is 23.4 Å². The van der Waals surface area contributed by atoms with Crippen LogP contribution in [0.15, 0.2) is 51.9 Å². The van der Waals surface area contributed by atoms with Gasteiger partial charge in [-0.3, -0.25) is 4.99 Å². The first-order valence-electron chi connectivity index (χ1n) is 13.3. The number of nitrogens with one attached hydrogen (secondary N) is 2. The van der Waals surface area contributed by atoms with Crippen LogP contribution in [0.2, 0.25) is 5.02 Å². The van der Waals surface area contributed by atoms with Crippen molar-refractivity contribution in [1.29, 1.82) is 0 Å². The summed E-state index contributed by atoms with van der Waals surface area (Å²) in [7, 11) is 0. The van der Waals surface area contributed by atoms with E-state index in [4.69, 9.17) is 26.1 Å². The summed E-state index contributed by atoms with van der Waals surface area (Å²) in [5.41, 5.74) is 0.154. The van der Waals surface area contributed by atoms with Crippen LogP contribution in [-0.2, 0) is 19.1 Å². The molecular formula is C28H29ClF2N4O5S. The standard InChI is InChI=1S/C28H29ClF2N4O5S/c1-3-39-27(38)19-22(15-6-4-14(5-7-15)12-28(2)35-18(13-40-28)26(36)37)33-24(25-32-10-11-41-25)34-23(19)16-8-9-17(30)21(31)20(16)29/h8-11,13-15,23,35H,3-7,12H2,1-2H3,(H,33,34)(H,36,37). The second-order valence-corrected chi connectivity index (χ2v) is 11.7. The van der Waals surface area contributed by atoms with E-state index in [1.165, 1.54) is 23.7 Å². The van der Waals surface area contributed by atoms with Crippen LogP contribution in [0.4, 0.5) is 8.78 Å². The fourth-order valence-corrected chi connectivity index (χ4v) is 6.53. The highest BCUT2D eigenvalue weighted by Gasteiger charge is 2.41. The van der Waals surface area contributed by atoms with Crippen LogP contribution in [0.3, 0.4) is 0 Å². The summed E-state index contributed by atoms with van der Waals surface area (Å²) in [6, 6.07) is 1.26. The number of hydrogen-bond acceptors (Lipinski definition) is 9. The number of benzene rings is 1. The van der Waals surface area contributed by atoms with Gasteiger partial charge in [0.15, 0.2) is 33.9 Å². The van der Waals surface area contributed by atoms with Gasteiger partial charge < -0.3 is 25.2 Å². The number of nitrogens with zero attached hydrogens (tertiary/aromatic N) is 2. The summed E-state index contributed by atoms with van der Waals surface area (Å²) in [4.78, 5) is 33.8. The van der Waals surface area contributed by atoms with Crippen molar-refractivity contribution in [3.63, 3.8) is 0 Å². The van der Waals surface area contributed by atoms with Crippen molar-refractivity contribution in [3.8, 4) is 0 Å².